The normalized spacial score (nSPS) is 22.4. The lowest BCUT2D eigenvalue weighted by atomic mass is 9.81. The number of Topliss-reactive ketones (excluding diaryl/α,β-unsaturated/α-hetero) is 1. The maximum Gasteiger partial charge on any atom is 0.180 e. The lowest BCUT2D eigenvalue weighted by Gasteiger charge is -2.25. The molecule has 130 valence electrons. The summed E-state index contributed by atoms with van der Waals surface area (Å²) in [5.74, 6) is 0.153. The van der Waals surface area contributed by atoms with Crippen molar-refractivity contribution in [1.29, 1.82) is 0 Å². The van der Waals surface area contributed by atoms with Gasteiger partial charge in [0, 0.05) is 22.8 Å². The van der Waals surface area contributed by atoms with Gasteiger partial charge >= 0.3 is 0 Å². The van der Waals surface area contributed by atoms with Crippen LogP contribution in [0.25, 0.3) is 11.1 Å². The van der Waals surface area contributed by atoms with Crippen molar-refractivity contribution < 1.29 is 4.79 Å². The Morgan fingerprint density at radius 3 is 2.62 bits per heavy atom. The first kappa shape index (κ1) is 16.7. The van der Waals surface area contributed by atoms with Crippen LogP contribution in [0, 0.1) is 5.92 Å². The molecule has 2 atom stereocenters. The van der Waals surface area contributed by atoms with Gasteiger partial charge in [0.05, 0.1) is 5.92 Å². The van der Waals surface area contributed by atoms with Gasteiger partial charge in [-0.3, -0.25) is 9.78 Å². The summed E-state index contributed by atoms with van der Waals surface area (Å²) in [6.45, 7) is 1.97. The fraction of sp³-hybridized carbons (Fsp3) is 0.190. The van der Waals surface area contributed by atoms with Crippen molar-refractivity contribution in [3.05, 3.63) is 76.7 Å². The van der Waals surface area contributed by atoms with Crippen LogP contribution in [0.1, 0.15) is 23.8 Å². The average molecular weight is 361 g/mol. The van der Waals surface area contributed by atoms with Gasteiger partial charge in [0.25, 0.3) is 0 Å². The van der Waals surface area contributed by atoms with Crippen molar-refractivity contribution >= 4 is 23.0 Å². The van der Waals surface area contributed by atoms with Crippen molar-refractivity contribution in [2.24, 2.45) is 16.6 Å². The second kappa shape index (κ2) is 6.50. The van der Waals surface area contributed by atoms with E-state index in [0.29, 0.717) is 12.3 Å². The Bertz CT molecular complexity index is 965. The van der Waals surface area contributed by atoms with E-state index in [0.717, 1.165) is 21.6 Å². The number of aliphatic imine (C=N–C) groups is 1. The number of aromatic nitrogens is 1. The van der Waals surface area contributed by atoms with E-state index in [1.807, 2.05) is 61.7 Å². The monoisotopic (exact) mass is 361 g/mol. The van der Waals surface area contributed by atoms with Gasteiger partial charge in [-0.15, -0.1) is 11.3 Å². The predicted octanol–water partition coefficient (Wildman–Crippen LogP) is 4.02. The summed E-state index contributed by atoms with van der Waals surface area (Å²) in [5, 5.41) is 2.05. The summed E-state index contributed by atoms with van der Waals surface area (Å²) in [6.07, 6.45) is 4.23. The Morgan fingerprint density at radius 2 is 1.96 bits per heavy atom. The van der Waals surface area contributed by atoms with Crippen molar-refractivity contribution in [3.63, 3.8) is 0 Å². The minimum Gasteiger partial charge on any atom is -0.387 e. The molecule has 1 aromatic carbocycles. The predicted molar refractivity (Wildman–Crippen MR) is 105 cm³/mol. The quantitative estimate of drug-likeness (QED) is 0.763. The molecule has 0 bridgehead atoms. The highest BCUT2D eigenvalue weighted by Crippen LogP contribution is 2.45. The van der Waals surface area contributed by atoms with Crippen LogP contribution in [0.5, 0.6) is 0 Å². The van der Waals surface area contributed by atoms with E-state index in [-0.39, 0.29) is 11.7 Å². The number of hydrogen-bond acceptors (Lipinski definition) is 5. The van der Waals surface area contributed by atoms with Crippen LogP contribution >= 0.6 is 11.3 Å². The number of hydrogen-bond donors (Lipinski definition) is 1. The third-order valence-corrected chi connectivity index (χ3v) is 5.92. The van der Waals surface area contributed by atoms with Gasteiger partial charge in [-0.2, -0.15) is 0 Å². The van der Waals surface area contributed by atoms with E-state index in [2.05, 4.69) is 10.4 Å². The standard InChI is InChI=1S/C21H19N3OS/c1-2-17-19(25)21(24-20(17)22,16-8-4-3-5-9-16)18-11-15(13-26-18)14-7-6-10-23-12-14/h3-13,17H,2H2,1H3,(H2,22,24). The highest BCUT2D eigenvalue weighted by Gasteiger charge is 2.51. The van der Waals surface area contributed by atoms with Crippen LogP contribution in [-0.2, 0) is 10.3 Å². The van der Waals surface area contributed by atoms with E-state index >= 15 is 0 Å². The molecule has 2 N–H and O–H groups in total. The molecule has 0 fully saturated rings. The first-order valence-electron chi connectivity index (χ1n) is 8.61. The number of nitrogens with two attached hydrogens (primary N) is 1. The summed E-state index contributed by atoms with van der Waals surface area (Å²) in [7, 11) is 0. The minimum absolute atomic E-state index is 0.0586. The molecule has 26 heavy (non-hydrogen) atoms. The molecule has 2 unspecified atom stereocenters. The maximum absolute atomic E-state index is 13.4. The van der Waals surface area contributed by atoms with Crippen LogP contribution in [0.15, 0.2) is 71.3 Å². The summed E-state index contributed by atoms with van der Waals surface area (Å²) < 4.78 is 0. The van der Waals surface area contributed by atoms with Crippen molar-refractivity contribution in [2.45, 2.75) is 18.9 Å². The van der Waals surface area contributed by atoms with E-state index in [4.69, 9.17) is 10.7 Å². The average Bonchev–Trinajstić information content (AvgIpc) is 3.27. The topological polar surface area (TPSA) is 68.3 Å². The first-order chi connectivity index (χ1) is 12.7. The van der Waals surface area contributed by atoms with Gasteiger partial charge in [0.2, 0.25) is 0 Å². The second-order valence-corrected chi connectivity index (χ2v) is 7.29. The van der Waals surface area contributed by atoms with Crippen LogP contribution in [0.3, 0.4) is 0 Å². The molecule has 3 heterocycles. The van der Waals surface area contributed by atoms with Crippen molar-refractivity contribution in [1.82, 2.24) is 4.98 Å². The summed E-state index contributed by atoms with van der Waals surface area (Å²) in [4.78, 5) is 23.2. The van der Waals surface area contributed by atoms with E-state index in [1.165, 1.54) is 0 Å². The molecule has 0 saturated heterocycles. The number of nitrogens with zero attached hydrogens (tertiary/aromatic N) is 2. The first-order valence-corrected chi connectivity index (χ1v) is 9.49. The van der Waals surface area contributed by atoms with Crippen LogP contribution in [0.4, 0.5) is 0 Å². The van der Waals surface area contributed by atoms with Crippen LogP contribution in [-0.4, -0.2) is 16.6 Å². The van der Waals surface area contributed by atoms with E-state index < -0.39 is 5.54 Å². The van der Waals surface area contributed by atoms with E-state index in [9.17, 15) is 4.79 Å². The number of ketones is 1. The summed E-state index contributed by atoms with van der Waals surface area (Å²) in [5.41, 5.74) is 8.05. The van der Waals surface area contributed by atoms with Crippen LogP contribution in [0.2, 0.25) is 0 Å². The lowest BCUT2D eigenvalue weighted by Crippen LogP contribution is -2.35. The zero-order valence-corrected chi connectivity index (χ0v) is 15.2. The number of amidine groups is 1. The molecule has 4 rings (SSSR count). The number of benzene rings is 1. The number of pyridine rings is 1. The lowest BCUT2D eigenvalue weighted by molar-refractivity contribution is -0.123. The molecule has 3 aromatic rings. The molecule has 0 spiro atoms. The SMILES string of the molecule is CCC1C(=O)C(c2ccccc2)(c2cc(-c3cccnc3)cs2)N=C1N. The number of carbonyl (C=O) groups is 1. The highest BCUT2D eigenvalue weighted by atomic mass is 32.1. The Labute approximate surface area is 156 Å². The fourth-order valence-electron chi connectivity index (χ4n) is 3.52. The molecule has 0 radical (unpaired) electrons. The number of thiophene rings is 1. The molecular formula is C21H19N3OS. The Kier molecular flexibility index (Phi) is 4.17. The molecule has 0 saturated carbocycles. The second-order valence-electron chi connectivity index (χ2n) is 6.38. The van der Waals surface area contributed by atoms with Gasteiger partial charge in [-0.25, -0.2) is 4.99 Å². The third kappa shape index (κ3) is 2.47. The Morgan fingerprint density at radius 1 is 1.15 bits per heavy atom. The van der Waals surface area contributed by atoms with Gasteiger partial charge in [-0.05, 0) is 35.1 Å². The zero-order valence-electron chi connectivity index (χ0n) is 14.4. The summed E-state index contributed by atoms with van der Waals surface area (Å²) in [6, 6.07) is 15.7. The largest absolute Gasteiger partial charge is 0.387 e. The maximum atomic E-state index is 13.4. The minimum atomic E-state index is -1.04. The smallest absolute Gasteiger partial charge is 0.180 e. The zero-order chi connectivity index (χ0) is 18.1. The number of carbonyl (C=O) groups excluding carboxylic acids is 1. The van der Waals surface area contributed by atoms with Gasteiger partial charge < -0.3 is 5.73 Å². The molecule has 0 aliphatic carbocycles. The molecule has 2 aromatic heterocycles. The van der Waals surface area contributed by atoms with Crippen molar-refractivity contribution in [2.75, 3.05) is 0 Å². The third-order valence-electron chi connectivity index (χ3n) is 4.88. The van der Waals surface area contributed by atoms with Gasteiger partial charge in [0.1, 0.15) is 5.84 Å². The number of rotatable bonds is 4. The highest BCUT2D eigenvalue weighted by molar-refractivity contribution is 7.10. The molecule has 0 amide bonds. The van der Waals surface area contributed by atoms with E-state index in [1.54, 1.807) is 17.5 Å². The fourth-order valence-corrected chi connectivity index (χ4v) is 4.61. The molecule has 1 aliphatic rings. The molecule has 4 nitrogen and oxygen atoms in total. The Balaban J connectivity index is 1.89. The van der Waals surface area contributed by atoms with Crippen LogP contribution < -0.4 is 5.73 Å². The molecular weight excluding hydrogens is 342 g/mol. The van der Waals surface area contributed by atoms with Gasteiger partial charge in [0.15, 0.2) is 11.3 Å². The van der Waals surface area contributed by atoms with Crippen molar-refractivity contribution in [3.8, 4) is 11.1 Å². The van der Waals surface area contributed by atoms with Gasteiger partial charge in [-0.1, -0.05) is 43.3 Å². The molecule has 5 heteroatoms. The Hall–Kier alpha value is -2.79. The summed E-state index contributed by atoms with van der Waals surface area (Å²) >= 11 is 1.54. The molecule has 1 aliphatic heterocycles.